The molecule has 4 heteroatoms. The highest BCUT2D eigenvalue weighted by Crippen LogP contribution is 2.34. The molecule has 0 aromatic heterocycles. The van der Waals surface area contributed by atoms with E-state index in [1.54, 1.807) is 7.11 Å². The van der Waals surface area contributed by atoms with E-state index in [2.05, 4.69) is 15.9 Å². The second-order valence-corrected chi connectivity index (χ2v) is 4.82. The fourth-order valence-corrected chi connectivity index (χ4v) is 2.01. The number of carbonyl (C=O) groups excluding carboxylic acids is 1. The second-order valence-electron chi connectivity index (χ2n) is 3.97. The van der Waals surface area contributed by atoms with Crippen LogP contribution in [0.2, 0.25) is 0 Å². The molecule has 0 heterocycles. The van der Waals surface area contributed by atoms with E-state index in [1.807, 2.05) is 26.0 Å². The van der Waals surface area contributed by atoms with Gasteiger partial charge in [-0.3, -0.25) is 0 Å². The van der Waals surface area contributed by atoms with Crippen molar-refractivity contribution in [2.24, 2.45) is 0 Å². The summed E-state index contributed by atoms with van der Waals surface area (Å²) in [4.78, 5) is 10.4. The lowest BCUT2D eigenvalue weighted by Gasteiger charge is -2.15. The third kappa shape index (κ3) is 4.04. The van der Waals surface area contributed by atoms with Crippen molar-refractivity contribution in [1.82, 2.24) is 0 Å². The number of benzene rings is 1. The van der Waals surface area contributed by atoms with E-state index in [0.29, 0.717) is 24.3 Å². The molecule has 0 radical (unpaired) electrons. The molecular formula is C13H17BrO3. The highest BCUT2D eigenvalue weighted by molar-refractivity contribution is 9.10. The molecule has 0 N–H and O–H groups in total. The zero-order valence-electron chi connectivity index (χ0n) is 10.3. The number of aldehydes is 1. The third-order valence-corrected chi connectivity index (χ3v) is 2.97. The summed E-state index contributed by atoms with van der Waals surface area (Å²) in [7, 11) is 1.61. The number of ether oxygens (including phenoxy) is 2. The highest BCUT2D eigenvalue weighted by Gasteiger charge is 2.11. The lowest BCUT2D eigenvalue weighted by Crippen LogP contribution is -2.07. The SMILES string of the molecule is COc1cc(Br)c(CCC=O)cc1OC(C)C. The first-order valence-corrected chi connectivity index (χ1v) is 6.34. The van der Waals surface area contributed by atoms with E-state index >= 15 is 0 Å². The maximum Gasteiger partial charge on any atom is 0.161 e. The molecule has 0 fully saturated rings. The Kier molecular flexibility index (Phi) is 5.48. The average Bonchev–Trinajstić information content (AvgIpc) is 2.28. The van der Waals surface area contributed by atoms with Crippen LogP contribution in [-0.2, 0) is 11.2 Å². The third-order valence-electron chi connectivity index (χ3n) is 2.23. The fraction of sp³-hybridized carbons (Fsp3) is 0.462. The Labute approximate surface area is 110 Å². The van der Waals surface area contributed by atoms with Gasteiger partial charge in [-0.15, -0.1) is 0 Å². The van der Waals surface area contributed by atoms with Crippen LogP contribution in [-0.4, -0.2) is 19.5 Å². The molecular weight excluding hydrogens is 284 g/mol. The van der Waals surface area contributed by atoms with Gasteiger partial charge in [-0.05, 0) is 38.0 Å². The molecule has 17 heavy (non-hydrogen) atoms. The van der Waals surface area contributed by atoms with Gasteiger partial charge in [0.25, 0.3) is 0 Å². The molecule has 0 bridgehead atoms. The van der Waals surface area contributed by atoms with E-state index in [-0.39, 0.29) is 6.10 Å². The van der Waals surface area contributed by atoms with Gasteiger partial charge in [0.15, 0.2) is 11.5 Å². The molecule has 0 saturated carbocycles. The summed E-state index contributed by atoms with van der Waals surface area (Å²) in [5.41, 5.74) is 1.05. The maximum atomic E-state index is 10.4. The summed E-state index contributed by atoms with van der Waals surface area (Å²) in [5.74, 6) is 1.41. The first-order valence-electron chi connectivity index (χ1n) is 5.55. The van der Waals surface area contributed by atoms with Crippen LogP contribution in [0.1, 0.15) is 25.8 Å². The van der Waals surface area contributed by atoms with Gasteiger partial charge in [0, 0.05) is 10.9 Å². The van der Waals surface area contributed by atoms with Crippen LogP contribution in [0, 0.1) is 0 Å². The lowest BCUT2D eigenvalue weighted by atomic mass is 10.1. The zero-order chi connectivity index (χ0) is 12.8. The van der Waals surface area contributed by atoms with Crippen LogP contribution in [0.25, 0.3) is 0 Å². The summed E-state index contributed by atoms with van der Waals surface area (Å²) in [6.45, 7) is 3.93. The van der Waals surface area contributed by atoms with Crippen LogP contribution in [0.4, 0.5) is 0 Å². The first-order chi connectivity index (χ1) is 8.08. The van der Waals surface area contributed by atoms with Crippen molar-refractivity contribution in [2.45, 2.75) is 32.8 Å². The number of hydrogen-bond donors (Lipinski definition) is 0. The summed E-state index contributed by atoms with van der Waals surface area (Å²) in [6, 6.07) is 3.80. The van der Waals surface area contributed by atoms with E-state index in [1.165, 1.54) is 0 Å². The molecule has 1 aromatic carbocycles. The molecule has 0 unspecified atom stereocenters. The van der Waals surface area contributed by atoms with Crippen molar-refractivity contribution in [3.8, 4) is 11.5 Å². The Hall–Kier alpha value is -1.03. The smallest absolute Gasteiger partial charge is 0.161 e. The molecule has 0 aliphatic carbocycles. The molecule has 3 nitrogen and oxygen atoms in total. The molecule has 0 aliphatic heterocycles. The number of rotatable bonds is 6. The zero-order valence-corrected chi connectivity index (χ0v) is 11.9. The van der Waals surface area contributed by atoms with Crippen molar-refractivity contribution in [1.29, 1.82) is 0 Å². The van der Waals surface area contributed by atoms with Gasteiger partial charge >= 0.3 is 0 Å². The van der Waals surface area contributed by atoms with E-state index in [4.69, 9.17) is 9.47 Å². The molecule has 0 atom stereocenters. The van der Waals surface area contributed by atoms with Gasteiger partial charge in [0.1, 0.15) is 6.29 Å². The predicted molar refractivity (Wildman–Crippen MR) is 70.8 cm³/mol. The van der Waals surface area contributed by atoms with Crippen molar-refractivity contribution >= 4 is 22.2 Å². The number of carbonyl (C=O) groups is 1. The molecule has 1 rings (SSSR count). The van der Waals surface area contributed by atoms with Gasteiger partial charge in [-0.1, -0.05) is 15.9 Å². The minimum Gasteiger partial charge on any atom is -0.493 e. The maximum absolute atomic E-state index is 10.4. The van der Waals surface area contributed by atoms with Crippen molar-refractivity contribution in [3.05, 3.63) is 22.2 Å². The topological polar surface area (TPSA) is 35.5 Å². The highest BCUT2D eigenvalue weighted by atomic mass is 79.9. The number of methoxy groups -OCH3 is 1. The van der Waals surface area contributed by atoms with E-state index < -0.39 is 0 Å². The van der Waals surface area contributed by atoms with Crippen molar-refractivity contribution in [2.75, 3.05) is 7.11 Å². The summed E-state index contributed by atoms with van der Waals surface area (Å²) in [5, 5.41) is 0. The standard InChI is InChI=1S/C13H17BrO3/c1-9(2)17-13-7-10(5-4-6-15)11(14)8-12(13)16-3/h6-9H,4-5H2,1-3H3. The van der Waals surface area contributed by atoms with Crippen LogP contribution < -0.4 is 9.47 Å². The molecule has 0 aliphatic rings. The van der Waals surface area contributed by atoms with Gasteiger partial charge in [0.2, 0.25) is 0 Å². The molecule has 0 amide bonds. The van der Waals surface area contributed by atoms with Crippen LogP contribution >= 0.6 is 15.9 Å². The monoisotopic (exact) mass is 300 g/mol. The summed E-state index contributed by atoms with van der Waals surface area (Å²) >= 11 is 3.47. The molecule has 94 valence electrons. The van der Waals surface area contributed by atoms with Gasteiger partial charge < -0.3 is 14.3 Å². The minimum atomic E-state index is 0.0870. The van der Waals surface area contributed by atoms with Gasteiger partial charge in [-0.2, -0.15) is 0 Å². The summed E-state index contributed by atoms with van der Waals surface area (Å²) < 4.78 is 11.9. The molecule has 0 spiro atoms. The first kappa shape index (κ1) is 14.0. The quantitative estimate of drug-likeness (QED) is 0.756. The van der Waals surface area contributed by atoms with Crippen molar-refractivity contribution in [3.63, 3.8) is 0 Å². The Morgan fingerprint density at radius 1 is 1.35 bits per heavy atom. The Bertz CT molecular complexity index is 388. The van der Waals surface area contributed by atoms with Gasteiger partial charge in [0.05, 0.1) is 13.2 Å². The van der Waals surface area contributed by atoms with Crippen LogP contribution in [0.3, 0.4) is 0 Å². The second kappa shape index (κ2) is 6.64. The Morgan fingerprint density at radius 3 is 2.59 bits per heavy atom. The predicted octanol–water partition coefficient (Wildman–Crippen LogP) is 3.38. The van der Waals surface area contributed by atoms with Crippen molar-refractivity contribution < 1.29 is 14.3 Å². The number of hydrogen-bond acceptors (Lipinski definition) is 3. The lowest BCUT2D eigenvalue weighted by molar-refractivity contribution is -0.107. The van der Waals surface area contributed by atoms with Gasteiger partial charge in [-0.25, -0.2) is 0 Å². The average molecular weight is 301 g/mol. The Balaban J connectivity index is 3.03. The Morgan fingerprint density at radius 2 is 2.06 bits per heavy atom. The van der Waals surface area contributed by atoms with Crippen LogP contribution in [0.15, 0.2) is 16.6 Å². The summed E-state index contributed by atoms with van der Waals surface area (Å²) in [6.07, 6.45) is 2.21. The largest absolute Gasteiger partial charge is 0.493 e. The van der Waals surface area contributed by atoms with E-state index in [9.17, 15) is 4.79 Å². The number of halogens is 1. The fourth-order valence-electron chi connectivity index (χ4n) is 1.49. The minimum absolute atomic E-state index is 0.0870. The normalized spacial score (nSPS) is 10.4. The van der Waals surface area contributed by atoms with Crippen LogP contribution in [0.5, 0.6) is 11.5 Å². The molecule has 1 aromatic rings. The van der Waals surface area contributed by atoms with E-state index in [0.717, 1.165) is 16.3 Å². The number of aryl methyl sites for hydroxylation is 1. The molecule has 0 saturated heterocycles.